The first-order valence-electron chi connectivity index (χ1n) is 12.8. The fourth-order valence-electron chi connectivity index (χ4n) is 4.69. The molecule has 2 aromatic heterocycles. The number of aromatic amines is 1. The van der Waals surface area contributed by atoms with E-state index in [1.54, 1.807) is 24.4 Å². The van der Waals surface area contributed by atoms with Gasteiger partial charge in [0.25, 0.3) is 5.56 Å². The Bertz CT molecular complexity index is 1440. The van der Waals surface area contributed by atoms with Crippen LogP contribution in [0, 0.1) is 11.6 Å². The number of H-pyrrole nitrogens is 1. The van der Waals surface area contributed by atoms with Crippen LogP contribution in [0.2, 0.25) is 5.02 Å². The van der Waals surface area contributed by atoms with E-state index >= 15 is 0 Å². The molecule has 3 N–H and O–H groups in total. The molecule has 200 valence electrons. The van der Waals surface area contributed by atoms with Crippen LogP contribution in [0.4, 0.5) is 14.5 Å². The molecule has 1 unspecified atom stereocenters. The Labute approximate surface area is 225 Å². The molecule has 1 atom stereocenters. The number of nitrogens with two attached hydrogens (primary N) is 1. The van der Waals surface area contributed by atoms with E-state index in [4.69, 9.17) is 17.3 Å². The Morgan fingerprint density at radius 2 is 1.92 bits per heavy atom. The van der Waals surface area contributed by atoms with Crippen LogP contribution in [0.25, 0.3) is 22.2 Å². The van der Waals surface area contributed by atoms with Crippen molar-refractivity contribution in [2.75, 3.05) is 19.3 Å². The van der Waals surface area contributed by atoms with Crippen molar-refractivity contribution in [3.05, 3.63) is 87.1 Å². The summed E-state index contributed by atoms with van der Waals surface area (Å²) in [6, 6.07) is 10.6. The van der Waals surface area contributed by atoms with Crippen molar-refractivity contribution >= 4 is 28.2 Å². The highest BCUT2D eigenvalue weighted by atomic mass is 35.5. The van der Waals surface area contributed by atoms with Crippen molar-refractivity contribution in [3.8, 4) is 11.3 Å². The number of hydrogen-bond donors (Lipinski definition) is 2. The molecule has 0 saturated carbocycles. The van der Waals surface area contributed by atoms with Gasteiger partial charge in [0.05, 0.1) is 27.3 Å². The second-order valence-electron chi connectivity index (χ2n) is 9.71. The SMILES string of the molecule is CCCCC1CCCN1C.Nc1cc2nc(Cc3ccc(-c4cc(F)cc(F)c4)nc3)[nH]c(=O)c2cc1Cl. The molecule has 6 nitrogen and oxygen atoms in total. The van der Waals surface area contributed by atoms with Crippen molar-refractivity contribution in [2.45, 2.75) is 51.5 Å². The van der Waals surface area contributed by atoms with Crippen LogP contribution in [-0.4, -0.2) is 39.5 Å². The van der Waals surface area contributed by atoms with Crippen LogP contribution >= 0.6 is 11.6 Å². The summed E-state index contributed by atoms with van der Waals surface area (Å²) in [6.45, 7) is 3.60. The maximum atomic E-state index is 13.4. The molecular weight excluding hydrogens is 508 g/mol. The molecule has 3 heterocycles. The van der Waals surface area contributed by atoms with E-state index in [1.807, 2.05) is 0 Å². The number of nitrogens with one attached hydrogen (secondary N) is 1. The van der Waals surface area contributed by atoms with E-state index in [2.05, 4.69) is 33.8 Å². The molecule has 0 bridgehead atoms. The minimum atomic E-state index is -0.668. The Morgan fingerprint density at radius 1 is 1.16 bits per heavy atom. The highest BCUT2D eigenvalue weighted by molar-refractivity contribution is 6.33. The third-order valence-corrected chi connectivity index (χ3v) is 7.12. The zero-order valence-electron chi connectivity index (χ0n) is 21.6. The zero-order chi connectivity index (χ0) is 27.2. The quantitative estimate of drug-likeness (QED) is 0.278. The van der Waals surface area contributed by atoms with Gasteiger partial charge in [0.1, 0.15) is 17.5 Å². The minimum Gasteiger partial charge on any atom is -0.397 e. The molecule has 0 spiro atoms. The lowest BCUT2D eigenvalue weighted by Crippen LogP contribution is -2.24. The predicted octanol–water partition coefficient (Wildman–Crippen LogP) is 6.36. The highest BCUT2D eigenvalue weighted by Gasteiger charge is 2.19. The summed E-state index contributed by atoms with van der Waals surface area (Å²) in [7, 11) is 2.26. The number of fused-ring (bicyclic) bond motifs is 1. The topological polar surface area (TPSA) is 87.9 Å². The van der Waals surface area contributed by atoms with Gasteiger partial charge >= 0.3 is 0 Å². The molecule has 0 radical (unpaired) electrons. The van der Waals surface area contributed by atoms with Gasteiger partial charge in [0.15, 0.2) is 0 Å². The summed E-state index contributed by atoms with van der Waals surface area (Å²) in [4.78, 5) is 26.2. The van der Waals surface area contributed by atoms with Gasteiger partial charge in [-0.25, -0.2) is 13.8 Å². The van der Waals surface area contributed by atoms with Crippen molar-refractivity contribution in [2.24, 2.45) is 0 Å². The molecule has 1 fully saturated rings. The summed E-state index contributed by atoms with van der Waals surface area (Å²) in [5.41, 5.74) is 7.80. The van der Waals surface area contributed by atoms with Crippen LogP contribution < -0.4 is 11.3 Å². The maximum absolute atomic E-state index is 13.4. The zero-order valence-corrected chi connectivity index (χ0v) is 22.4. The molecule has 38 heavy (non-hydrogen) atoms. The van der Waals surface area contributed by atoms with E-state index < -0.39 is 11.6 Å². The van der Waals surface area contributed by atoms with E-state index in [0.717, 1.165) is 17.7 Å². The number of unbranched alkanes of at least 4 members (excludes halogenated alkanes) is 1. The van der Waals surface area contributed by atoms with Gasteiger partial charge in [-0.05, 0) is 68.8 Å². The number of benzene rings is 2. The van der Waals surface area contributed by atoms with Gasteiger partial charge in [-0.1, -0.05) is 37.4 Å². The standard InChI is InChI=1S/C20H13ClF2N4O.C9H19N/c21-15-7-14-18(8-16(15)24)26-19(27-20(14)28)3-10-1-2-17(25-9-10)11-4-12(22)6-13(23)5-11;1-3-4-6-9-7-5-8-10(9)2/h1-2,4-9H,3,24H2,(H,26,27,28);9H,3-8H2,1-2H3. The number of hydrogen-bond acceptors (Lipinski definition) is 5. The predicted molar refractivity (Wildman–Crippen MR) is 149 cm³/mol. The first-order chi connectivity index (χ1) is 18.2. The summed E-state index contributed by atoms with van der Waals surface area (Å²) in [5, 5.41) is 0.644. The normalized spacial score (nSPS) is 15.4. The fraction of sp³-hybridized carbons (Fsp3) is 0.345. The van der Waals surface area contributed by atoms with Gasteiger partial charge in [-0.15, -0.1) is 0 Å². The second kappa shape index (κ2) is 12.5. The first kappa shape index (κ1) is 27.7. The third-order valence-electron chi connectivity index (χ3n) is 6.79. The Kier molecular flexibility index (Phi) is 9.07. The molecule has 2 aromatic carbocycles. The van der Waals surface area contributed by atoms with Gasteiger partial charge in [0, 0.05) is 30.3 Å². The largest absolute Gasteiger partial charge is 0.397 e. The number of rotatable bonds is 6. The number of nitrogens with zero attached hydrogens (tertiary/aromatic N) is 3. The lowest BCUT2D eigenvalue weighted by Gasteiger charge is -2.18. The van der Waals surface area contributed by atoms with Crippen molar-refractivity contribution < 1.29 is 8.78 Å². The highest BCUT2D eigenvalue weighted by Crippen LogP contribution is 2.24. The monoisotopic (exact) mass is 539 g/mol. The molecule has 1 aliphatic rings. The smallest absolute Gasteiger partial charge is 0.258 e. The van der Waals surface area contributed by atoms with Crippen molar-refractivity contribution in [3.63, 3.8) is 0 Å². The van der Waals surface area contributed by atoms with Crippen molar-refractivity contribution in [1.29, 1.82) is 0 Å². The number of anilines is 1. The molecule has 0 aliphatic carbocycles. The molecule has 4 aromatic rings. The Balaban J connectivity index is 0.000000283. The Hall–Kier alpha value is -3.36. The summed E-state index contributed by atoms with van der Waals surface area (Å²) in [5.74, 6) is -0.901. The Morgan fingerprint density at radius 3 is 2.55 bits per heavy atom. The van der Waals surface area contributed by atoms with Crippen LogP contribution in [0.3, 0.4) is 0 Å². The average molecular weight is 540 g/mol. The summed E-state index contributed by atoms with van der Waals surface area (Å²) < 4.78 is 26.7. The van der Waals surface area contributed by atoms with Crippen LogP contribution in [-0.2, 0) is 6.42 Å². The first-order valence-corrected chi connectivity index (χ1v) is 13.2. The summed E-state index contributed by atoms with van der Waals surface area (Å²) in [6.07, 6.45) is 8.94. The molecule has 9 heteroatoms. The minimum absolute atomic E-state index is 0.293. The van der Waals surface area contributed by atoms with E-state index in [-0.39, 0.29) is 5.56 Å². The van der Waals surface area contributed by atoms with Crippen LogP contribution in [0.1, 0.15) is 50.4 Å². The van der Waals surface area contributed by atoms with Crippen LogP contribution in [0.5, 0.6) is 0 Å². The second-order valence-corrected chi connectivity index (χ2v) is 10.1. The number of likely N-dealkylation sites (tertiary alicyclic amines) is 1. The van der Waals surface area contributed by atoms with Crippen molar-refractivity contribution in [1.82, 2.24) is 19.9 Å². The molecular formula is C29H32ClF2N5O. The number of aromatic nitrogens is 3. The molecule has 1 aliphatic heterocycles. The summed E-state index contributed by atoms with van der Waals surface area (Å²) >= 11 is 5.95. The van der Waals surface area contributed by atoms with Gasteiger partial charge in [0.2, 0.25) is 0 Å². The average Bonchev–Trinajstić information content (AvgIpc) is 3.29. The van der Waals surface area contributed by atoms with E-state index in [0.29, 0.717) is 45.1 Å². The molecule has 0 amide bonds. The fourth-order valence-corrected chi connectivity index (χ4v) is 4.85. The van der Waals surface area contributed by atoms with E-state index in [9.17, 15) is 13.6 Å². The lowest BCUT2D eigenvalue weighted by molar-refractivity contribution is 0.291. The van der Waals surface area contributed by atoms with Gasteiger partial charge in [-0.2, -0.15) is 0 Å². The number of pyridine rings is 1. The number of halogens is 3. The van der Waals surface area contributed by atoms with E-state index in [1.165, 1.54) is 56.8 Å². The lowest BCUT2D eigenvalue weighted by atomic mass is 10.1. The van der Waals surface area contributed by atoms with Gasteiger partial charge < -0.3 is 15.6 Å². The van der Waals surface area contributed by atoms with Crippen LogP contribution in [0.15, 0.2) is 53.5 Å². The molecule has 1 saturated heterocycles. The third kappa shape index (κ3) is 6.94. The molecule has 5 rings (SSSR count). The maximum Gasteiger partial charge on any atom is 0.258 e. The van der Waals surface area contributed by atoms with Gasteiger partial charge in [-0.3, -0.25) is 9.78 Å². The number of nitrogen functional groups attached to an aromatic ring is 1.